The fourth-order valence-electron chi connectivity index (χ4n) is 9.76. The smallest absolute Gasteiger partial charge is 0.326 e. The number of carbonyl (C=O) groups excluding carboxylic acids is 1. The standard InChI is InChI=1S/C30H52NO8PS/c1-18(10-13-31-26(34)7-6-25(28(35)36)41-15-14-40(37,38)39)21-4-5-22-27-23(9-12-30(21,22)3)29(2)11-8-20(32)16-19(29)17-24(27)33/h18-25,27,32-33H,4-17H2,1-3H3,(H,31,34)(H,35,36)(H2,37,38,39)/t18-,19+,20-,21-,22?,23?,24+,25?,27?,29+,30-/m1/s1. The molecule has 4 aliphatic carbocycles. The average Bonchev–Trinajstić information content (AvgIpc) is 3.23. The van der Waals surface area contributed by atoms with E-state index in [1.807, 2.05) is 0 Å². The summed E-state index contributed by atoms with van der Waals surface area (Å²) in [5, 5.41) is 33.2. The third-order valence-corrected chi connectivity index (χ3v) is 14.3. The molecule has 0 aromatic heterocycles. The van der Waals surface area contributed by atoms with Crippen molar-refractivity contribution in [3.63, 3.8) is 0 Å². The Balaban J connectivity index is 1.26. The Hall–Kier alpha value is -0.640. The van der Waals surface area contributed by atoms with Gasteiger partial charge in [-0.25, -0.2) is 0 Å². The third kappa shape index (κ3) is 7.37. The van der Waals surface area contributed by atoms with E-state index in [-0.39, 0.29) is 53.7 Å². The number of hydrogen-bond donors (Lipinski definition) is 6. The lowest BCUT2D eigenvalue weighted by Crippen LogP contribution is -2.58. The second-order valence-corrected chi connectivity index (χ2v) is 17.3. The molecule has 11 atom stereocenters. The van der Waals surface area contributed by atoms with Crippen LogP contribution in [0.5, 0.6) is 0 Å². The van der Waals surface area contributed by atoms with Gasteiger partial charge in [0.1, 0.15) is 5.25 Å². The van der Waals surface area contributed by atoms with Crippen LogP contribution in [0.25, 0.3) is 0 Å². The minimum Gasteiger partial charge on any atom is -0.480 e. The number of aliphatic carboxylic acids is 1. The van der Waals surface area contributed by atoms with Crippen LogP contribution >= 0.6 is 19.4 Å². The molecule has 0 spiro atoms. The van der Waals surface area contributed by atoms with Crippen molar-refractivity contribution in [3.05, 3.63) is 0 Å². The largest absolute Gasteiger partial charge is 0.480 e. The second kappa shape index (κ2) is 13.2. The van der Waals surface area contributed by atoms with Crippen LogP contribution < -0.4 is 5.32 Å². The van der Waals surface area contributed by atoms with Crippen LogP contribution in [0.15, 0.2) is 0 Å². The van der Waals surface area contributed by atoms with Crippen molar-refractivity contribution < 1.29 is 39.3 Å². The Labute approximate surface area is 249 Å². The molecule has 6 N–H and O–H groups in total. The highest BCUT2D eigenvalue weighted by Gasteiger charge is 2.62. The molecule has 9 nitrogen and oxygen atoms in total. The fourth-order valence-corrected chi connectivity index (χ4v) is 11.8. The molecule has 236 valence electrons. The van der Waals surface area contributed by atoms with Gasteiger partial charge in [0.25, 0.3) is 0 Å². The van der Waals surface area contributed by atoms with Gasteiger partial charge in [0.15, 0.2) is 0 Å². The maximum Gasteiger partial charge on any atom is 0.326 e. The van der Waals surface area contributed by atoms with Crippen molar-refractivity contribution in [2.75, 3.05) is 18.5 Å². The highest BCUT2D eigenvalue weighted by atomic mass is 32.2. The summed E-state index contributed by atoms with van der Waals surface area (Å²) in [4.78, 5) is 41.9. The quantitative estimate of drug-likeness (QED) is 0.176. The van der Waals surface area contributed by atoms with E-state index < -0.39 is 18.8 Å². The average molecular weight is 618 g/mol. The van der Waals surface area contributed by atoms with Crippen molar-refractivity contribution in [1.29, 1.82) is 0 Å². The minimum atomic E-state index is -4.17. The van der Waals surface area contributed by atoms with E-state index in [1.165, 1.54) is 6.42 Å². The van der Waals surface area contributed by atoms with Crippen LogP contribution in [-0.4, -0.2) is 72.9 Å². The monoisotopic (exact) mass is 617 g/mol. The predicted molar refractivity (Wildman–Crippen MR) is 159 cm³/mol. The summed E-state index contributed by atoms with van der Waals surface area (Å²) >= 11 is 0.967. The maximum absolute atomic E-state index is 12.5. The number of carbonyl (C=O) groups is 2. The van der Waals surface area contributed by atoms with Crippen LogP contribution in [0.1, 0.15) is 91.4 Å². The zero-order valence-corrected chi connectivity index (χ0v) is 26.6. The minimum absolute atomic E-state index is 0.0309. The first-order valence-electron chi connectivity index (χ1n) is 15.7. The summed E-state index contributed by atoms with van der Waals surface area (Å²) in [6, 6.07) is 0. The number of aliphatic hydroxyl groups excluding tert-OH is 2. The summed E-state index contributed by atoms with van der Waals surface area (Å²) in [5.41, 5.74) is 0.401. The lowest BCUT2D eigenvalue weighted by atomic mass is 9.43. The Morgan fingerprint density at radius 2 is 1.68 bits per heavy atom. The van der Waals surface area contributed by atoms with E-state index in [0.29, 0.717) is 42.1 Å². The zero-order chi connectivity index (χ0) is 30.2. The molecule has 0 aromatic rings. The van der Waals surface area contributed by atoms with Crippen molar-refractivity contribution in [2.24, 2.45) is 46.3 Å². The number of amides is 1. The molecule has 1 amide bonds. The number of aliphatic hydroxyl groups is 2. The zero-order valence-electron chi connectivity index (χ0n) is 24.9. The summed E-state index contributed by atoms with van der Waals surface area (Å²) in [6.07, 6.45) is 8.37. The van der Waals surface area contributed by atoms with Crippen molar-refractivity contribution >= 4 is 31.2 Å². The number of hydrogen-bond acceptors (Lipinski definition) is 6. The van der Waals surface area contributed by atoms with E-state index in [0.717, 1.165) is 63.1 Å². The first kappa shape index (κ1) is 33.3. The molecule has 0 aromatic carbocycles. The molecule has 0 heterocycles. The highest BCUT2D eigenvalue weighted by molar-refractivity contribution is 8.00. The molecule has 0 radical (unpaired) electrons. The lowest BCUT2D eigenvalue weighted by Gasteiger charge is -2.62. The summed E-state index contributed by atoms with van der Waals surface area (Å²) in [6.45, 7) is 7.71. The number of rotatable bonds is 12. The van der Waals surface area contributed by atoms with Crippen LogP contribution in [0.3, 0.4) is 0 Å². The molecule has 4 rings (SSSR count). The van der Waals surface area contributed by atoms with Crippen molar-refractivity contribution in [3.8, 4) is 0 Å². The number of carboxylic acid groups (broad SMARTS) is 1. The van der Waals surface area contributed by atoms with E-state index >= 15 is 0 Å². The molecular weight excluding hydrogens is 565 g/mol. The molecule has 0 saturated heterocycles. The van der Waals surface area contributed by atoms with E-state index in [2.05, 4.69) is 26.1 Å². The number of fused-ring (bicyclic) bond motifs is 5. The first-order valence-corrected chi connectivity index (χ1v) is 18.5. The van der Waals surface area contributed by atoms with Gasteiger partial charge in [0.2, 0.25) is 5.91 Å². The molecule has 4 aliphatic rings. The van der Waals surface area contributed by atoms with Crippen LogP contribution in [0.2, 0.25) is 0 Å². The molecular formula is C30H52NO8PS. The number of thioether (sulfide) groups is 1. The van der Waals surface area contributed by atoms with Gasteiger partial charge in [-0.15, -0.1) is 11.8 Å². The third-order valence-electron chi connectivity index (χ3n) is 11.9. The SMILES string of the molecule is C[C@H](CCNC(=O)CCC(SCCP(=O)(O)O)C(=O)O)[C@H]1CCC2C3C(CC[C@@]21C)[C@@]1(C)CC[C@@H](O)C[C@H]1C[C@@H]3O. The van der Waals surface area contributed by atoms with Gasteiger partial charge in [-0.2, -0.15) is 0 Å². The Morgan fingerprint density at radius 1 is 1.00 bits per heavy atom. The van der Waals surface area contributed by atoms with Gasteiger partial charge in [-0.05, 0) is 111 Å². The number of nitrogens with one attached hydrogen (secondary N) is 1. The van der Waals surface area contributed by atoms with E-state index in [1.54, 1.807) is 0 Å². The Morgan fingerprint density at radius 3 is 2.37 bits per heavy atom. The van der Waals surface area contributed by atoms with Crippen molar-refractivity contribution in [2.45, 2.75) is 109 Å². The van der Waals surface area contributed by atoms with Gasteiger partial charge in [0, 0.05) is 18.7 Å². The van der Waals surface area contributed by atoms with Crippen LogP contribution in [0.4, 0.5) is 0 Å². The normalized spacial score (nSPS) is 40.1. The molecule has 0 aliphatic heterocycles. The maximum atomic E-state index is 12.5. The van der Waals surface area contributed by atoms with Crippen LogP contribution in [-0.2, 0) is 14.2 Å². The fraction of sp³-hybridized carbons (Fsp3) is 0.933. The van der Waals surface area contributed by atoms with Gasteiger partial charge < -0.3 is 30.4 Å². The van der Waals surface area contributed by atoms with Crippen molar-refractivity contribution in [1.82, 2.24) is 5.32 Å². The van der Waals surface area contributed by atoms with E-state index in [4.69, 9.17) is 9.79 Å². The predicted octanol–water partition coefficient (Wildman–Crippen LogP) is 4.26. The Kier molecular flexibility index (Phi) is 10.7. The molecule has 0 bridgehead atoms. The molecule has 4 saturated carbocycles. The second-order valence-electron chi connectivity index (χ2n) is 14.2. The number of carboxylic acids is 1. The molecule has 11 heteroatoms. The van der Waals surface area contributed by atoms with Gasteiger partial charge in [-0.3, -0.25) is 14.2 Å². The molecule has 4 unspecified atom stereocenters. The summed E-state index contributed by atoms with van der Waals surface area (Å²) < 4.78 is 11.0. The molecule has 4 fully saturated rings. The van der Waals surface area contributed by atoms with Gasteiger partial charge in [-0.1, -0.05) is 20.8 Å². The van der Waals surface area contributed by atoms with E-state index in [9.17, 15) is 29.5 Å². The summed E-state index contributed by atoms with van der Waals surface area (Å²) in [7, 11) is -4.17. The van der Waals surface area contributed by atoms with Gasteiger partial charge in [0.05, 0.1) is 18.4 Å². The Bertz CT molecular complexity index is 994. The lowest BCUT2D eigenvalue weighted by molar-refractivity contribution is -0.174. The van der Waals surface area contributed by atoms with Crippen LogP contribution in [0, 0.1) is 46.3 Å². The highest BCUT2D eigenvalue weighted by Crippen LogP contribution is 2.68. The summed E-state index contributed by atoms with van der Waals surface area (Å²) in [5.74, 6) is 1.51. The first-order chi connectivity index (χ1) is 19.2. The van der Waals surface area contributed by atoms with Gasteiger partial charge >= 0.3 is 13.6 Å². The topological polar surface area (TPSA) is 164 Å². The molecule has 41 heavy (non-hydrogen) atoms.